The number of carboxylic acid groups (broad SMARTS) is 1. The third-order valence-electron chi connectivity index (χ3n) is 3.48. The van der Waals surface area contributed by atoms with Gasteiger partial charge in [0.2, 0.25) is 0 Å². The molecule has 5 heteroatoms. The van der Waals surface area contributed by atoms with Gasteiger partial charge in [0.15, 0.2) is 0 Å². The largest absolute Gasteiger partial charge is 0.481 e. The second kappa shape index (κ2) is 5.80. The predicted octanol–water partition coefficient (Wildman–Crippen LogP) is 2.79. The summed E-state index contributed by atoms with van der Waals surface area (Å²) >= 11 is 0. The number of hydrogen-bond donors (Lipinski definition) is 2. The van der Waals surface area contributed by atoms with Crippen molar-refractivity contribution in [1.29, 1.82) is 0 Å². The molecule has 1 rings (SSSR count). The predicted molar refractivity (Wildman–Crippen MR) is 71.9 cm³/mol. The minimum absolute atomic E-state index is 0.150. The molecule has 1 aliphatic carbocycles. The van der Waals surface area contributed by atoms with E-state index in [0.29, 0.717) is 18.8 Å². The van der Waals surface area contributed by atoms with Crippen molar-refractivity contribution in [1.82, 2.24) is 5.32 Å². The van der Waals surface area contributed by atoms with E-state index in [0.717, 1.165) is 12.8 Å². The summed E-state index contributed by atoms with van der Waals surface area (Å²) in [5.74, 6) is -0.350. The molecule has 5 nitrogen and oxygen atoms in total. The molecule has 0 saturated heterocycles. The first kappa shape index (κ1) is 15.8. The summed E-state index contributed by atoms with van der Waals surface area (Å²) in [4.78, 5) is 22.9. The lowest BCUT2D eigenvalue weighted by molar-refractivity contribution is -0.157. The van der Waals surface area contributed by atoms with E-state index < -0.39 is 23.1 Å². The molecule has 2 N–H and O–H groups in total. The van der Waals surface area contributed by atoms with Crippen molar-refractivity contribution in [2.75, 3.05) is 6.54 Å². The van der Waals surface area contributed by atoms with E-state index in [-0.39, 0.29) is 6.54 Å². The Balaban J connectivity index is 2.45. The Morgan fingerprint density at radius 1 is 1.37 bits per heavy atom. The summed E-state index contributed by atoms with van der Waals surface area (Å²) in [7, 11) is 0. The first-order valence-corrected chi connectivity index (χ1v) is 6.89. The zero-order valence-corrected chi connectivity index (χ0v) is 12.3. The van der Waals surface area contributed by atoms with Gasteiger partial charge >= 0.3 is 12.1 Å². The van der Waals surface area contributed by atoms with Crippen LogP contribution in [0.2, 0.25) is 0 Å². The van der Waals surface area contributed by atoms with Crippen molar-refractivity contribution in [3.63, 3.8) is 0 Å². The Hall–Kier alpha value is -1.26. The Bertz CT molecular complexity index is 340. The minimum Gasteiger partial charge on any atom is -0.481 e. The topological polar surface area (TPSA) is 75.6 Å². The molecule has 0 radical (unpaired) electrons. The van der Waals surface area contributed by atoms with Crippen molar-refractivity contribution in [2.45, 2.75) is 59.0 Å². The van der Waals surface area contributed by atoms with Crippen LogP contribution in [0.4, 0.5) is 4.79 Å². The number of carbonyl (C=O) groups excluding carboxylic acids is 1. The van der Waals surface area contributed by atoms with Crippen LogP contribution in [0, 0.1) is 11.3 Å². The molecule has 1 saturated carbocycles. The fraction of sp³-hybridized carbons (Fsp3) is 0.857. The quantitative estimate of drug-likeness (QED) is 0.806. The van der Waals surface area contributed by atoms with Gasteiger partial charge in [0, 0.05) is 6.54 Å². The highest BCUT2D eigenvalue weighted by molar-refractivity contribution is 5.77. The van der Waals surface area contributed by atoms with Gasteiger partial charge < -0.3 is 15.2 Å². The molecule has 0 bridgehead atoms. The Labute approximate surface area is 114 Å². The highest BCUT2D eigenvalue weighted by atomic mass is 16.6. The SMILES string of the molecule is CCCC1CC(CNC(=O)OC(C)(C)C)(C(=O)O)C1. The van der Waals surface area contributed by atoms with E-state index in [9.17, 15) is 14.7 Å². The fourth-order valence-electron chi connectivity index (χ4n) is 2.61. The maximum atomic E-state index is 11.5. The lowest BCUT2D eigenvalue weighted by Gasteiger charge is -2.44. The van der Waals surface area contributed by atoms with Crippen molar-refractivity contribution in [3.05, 3.63) is 0 Å². The van der Waals surface area contributed by atoms with Crippen LogP contribution in [-0.2, 0) is 9.53 Å². The Kier molecular flexibility index (Phi) is 4.82. The number of aliphatic carboxylic acids is 1. The maximum absolute atomic E-state index is 11.5. The molecule has 110 valence electrons. The summed E-state index contributed by atoms with van der Waals surface area (Å²) in [5, 5.41) is 11.9. The average Bonchev–Trinajstić information content (AvgIpc) is 2.18. The van der Waals surface area contributed by atoms with E-state index >= 15 is 0 Å². The highest BCUT2D eigenvalue weighted by Crippen LogP contribution is 2.47. The van der Waals surface area contributed by atoms with Gasteiger partial charge in [-0.2, -0.15) is 0 Å². The van der Waals surface area contributed by atoms with Gasteiger partial charge in [-0.15, -0.1) is 0 Å². The second-order valence-electron chi connectivity index (χ2n) is 6.50. The normalized spacial score (nSPS) is 26.4. The third kappa shape index (κ3) is 4.40. The smallest absolute Gasteiger partial charge is 0.407 e. The van der Waals surface area contributed by atoms with Crippen molar-refractivity contribution < 1.29 is 19.4 Å². The lowest BCUT2D eigenvalue weighted by Crippen LogP contribution is -2.52. The zero-order chi connectivity index (χ0) is 14.7. The van der Waals surface area contributed by atoms with Crippen LogP contribution in [0.1, 0.15) is 53.4 Å². The molecule has 0 aromatic rings. The molecule has 0 spiro atoms. The van der Waals surface area contributed by atoms with E-state index in [4.69, 9.17) is 4.74 Å². The number of amides is 1. The van der Waals surface area contributed by atoms with Crippen LogP contribution in [-0.4, -0.2) is 29.3 Å². The summed E-state index contributed by atoms with van der Waals surface area (Å²) in [6.07, 6.45) is 2.87. The molecule has 0 heterocycles. The number of nitrogens with one attached hydrogen (secondary N) is 1. The van der Waals surface area contributed by atoms with Gasteiger partial charge in [0.25, 0.3) is 0 Å². The van der Waals surface area contributed by atoms with Crippen molar-refractivity contribution in [3.8, 4) is 0 Å². The Morgan fingerprint density at radius 2 is 1.95 bits per heavy atom. The monoisotopic (exact) mass is 271 g/mol. The van der Waals surface area contributed by atoms with Gasteiger partial charge in [-0.1, -0.05) is 19.8 Å². The number of hydrogen-bond acceptors (Lipinski definition) is 3. The molecule has 1 amide bonds. The van der Waals surface area contributed by atoms with E-state index in [1.165, 1.54) is 0 Å². The van der Waals surface area contributed by atoms with Crippen LogP contribution in [0.25, 0.3) is 0 Å². The van der Waals surface area contributed by atoms with E-state index in [2.05, 4.69) is 12.2 Å². The van der Waals surface area contributed by atoms with Crippen LogP contribution in [0.3, 0.4) is 0 Å². The first-order chi connectivity index (χ1) is 8.68. The molecule has 1 aliphatic rings. The molecule has 0 aliphatic heterocycles. The first-order valence-electron chi connectivity index (χ1n) is 6.89. The number of ether oxygens (including phenoxy) is 1. The second-order valence-corrected chi connectivity index (χ2v) is 6.50. The number of carbonyl (C=O) groups is 2. The Morgan fingerprint density at radius 3 is 2.37 bits per heavy atom. The molecule has 0 aromatic carbocycles. The summed E-state index contributed by atoms with van der Waals surface area (Å²) in [6, 6.07) is 0. The molecule has 0 aromatic heterocycles. The average molecular weight is 271 g/mol. The van der Waals surface area contributed by atoms with Gasteiger partial charge in [-0.05, 0) is 39.5 Å². The number of alkyl carbamates (subject to hydrolysis) is 1. The number of rotatable bonds is 5. The summed E-state index contributed by atoms with van der Waals surface area (Å²) < 4.78 is 5.11. The van der Waals surface area contributed by atoms with Gasteiger partial charge in [-0.25, -0.2) is 4.79 Å². The minimum atomic E-state index is -0.823. The van der Waals surface area contributed by atoms with Crippen LogP contribution in [0.15, 0.2) is 0 Å². The number of carboxylic acids is 1. The van der Waals surface area contributed by atoms with Gasteiger partial charge in [0.05, 0.1) is 5.41 Å². The highest BCUT2D eigenvalue weighted by Gasteiger charge is 2.50. The molecule has 19 heavy (non-hydrogen) atoms. The third-order valence-corrected chi connectivity index (χ3v) is 3.48. The molecular weight excluding hydrogens is 246 g/mol. The van der Waals surface area contributed by atoms with Gasteiger partial charge in [0.1, 0.15) is 5.60 Å². The molecular formula is C14H25NO4. The summed E-state index contributed by atoms with van der Waals surface area (Å²) in [5.41, 5.74) is -1.36. The maximum Gasteiger partial charge on any atom is 0.407 e. The van der Waals surface area contributed by atoms with Crippen LogP contribution < -0.4 is 5.32 Å². The standard InChI is InChI=1S/C14H25NO4/c1-5-6-10-7-14(8-10,11(16)17)9-15-12(18)19-13(2,3)4/h10H,5-9H2,1-4H3,(H,15,18)(H,16,17). The lowest BCUT2D eigenvalue weighted by atomic mass is 9.60. The van der Waals surface area contributed by atoms with Crippen LogP contribution in [0.5, 0.6) is 0 Å². The fourth-order valence-corrected chi connectivity index (χ4v) is 2.61. The van der Waals surface area contributed by atoms with E-state index in [1.807, 2.05) is 0 Å². The van der Waals surface area contributed by atoms with Gasteiger partial charge in [-0.3, -0.25) is 4.79 Å². The van der Waals surface area contributed by atoms with Crippen molar-refractivity contribution >= 4 is 12.1 Å². The molecule has 1 fully saturated rings. The molecule has 0 atom stereocenters. The van der Waals surface area contributed by atoms with E-state index in [1.54, 1.807) is 20.8 Å². The summed E-state index contributed by atoms with van der Waals surface area (Å²) in [6.45, 7) is 7.58. The zero-order valence-electron chi connectivity index (χ0n) is 12.3. The van der Waals surface area contributed by atoms with Crippen molar-refractivity contribution in [2.24, 2.45) is 11.3 Å². The molecule has 0 unspecified atom stereocenters. The van der Waals surface area contributed by atoms with Crippen LogP contribution >= 0.6 is 0 Å².